The number of aromatic nitrogens is 2. The van der Waals surface area contributed by atoms with Crippen molar-refractivity contribution in [3.8, 4) is 11.5 Å². The molecule has 2 heterocycles. The third kappa shape index (κ3) is 3.14. The molecule has 0 saturated carbocycles. The summed E-state index contributed by atoms with van der Waals surface area (Å²) in [4.78, 5) is 2.22. The van der Waals surface area contributed by atoms with Gasteiger partial charge in [-0.15, -0.1) is 10.2 Å². The van der Waals surface area contributed by atoms with Gasteiger partial charge >= 0.3 is 0 Å². The van der Waals surface area contributed by atoms with E-state index in [-0.39, 0.29) is 6.04 Å². The first-order valence-corrected chi connectivity index (χ1v) is 7.38. The Labute approximate surface area is 124 Å². The van der Waals surface area contributed by atoms with Gasteiger partial charge in [-0.2, -0.15) is 0 Å². The molecule has 1 N–H and O–H groups in total. The summed E-state index contributed by atoms with van der Waals surface area (Å²) in [6, 6.07) is 9.90. The fourth-order valence-corrected chi connectivity index (χ4v) is 3.00. The molecule has 1 aliphatic rings. The number of hydrogen-bond acceptors (Lipinski definition) is 5. The Morgan fingerprint density at radius 2 is 2.05 bits per heavy atom. The van der Waals surface area contributed by atoms with Gasteiger partial charge in [0.25, 0.3) is 0 Å². The maximum absolute atomic E-state index is 10.2. The van der Waals surface area contributed by atoms with E-state index in [1.807, 2.05) is 44.2 Å². The van der Waals surface area contributed by atoms with Gasteiger partial charge in [0.1, 0.15) is 0 Å². The van der Waals surface area contributed by atoms with E-state index in [1.165, 1.54) is 0 Å². The van der Waals surface area contributed by atoms with Crippen LogP contribution in [0.5, 0.6) is 0 Å². The summed E-state index contributed by atoms with van der Waals surface area (Å²) in [6.45, 7) is 5.27. The maximum Gasteiger partial charge on any atom is 0.247 e. The second-order valence-corrected chi connectivity index (χ2v) is 6.15. The van der Waals surface area contributed by atoms with E-state index in [4.69, 9.17) is 4.42 Å². The van der Waals surface area contributed by atoms with E-state index in [1.54, 1.807) is 0 Å². The van der Waals surface area contributed by atoms with Crippen molar-refractivity contribution >= 4 is 0 Å². The molecule has 0 amide bonds. The zero-order valence-electron chi connectivity index (χ0n) is 12.5. The predicted octanol–water partition coefficient (Wildman–Crippen LogP) is 2.47. The Kier molecular flexibility index (Phi) is 3.78. The molecule has 0 radical (unpaired) electrons. The zero-order chi connectivity index (χ0) is 14.9. The number of rotatable bonds is 4. The first-order chi connectivity index (χ1) is 10.0. The molecule has 5 nitrogen and oxygen atoms in total. The van der Waals surface area contributed by atoms with Crippen LogP contribution in [0.25, 0.3) is 11.5 Å². The van der Waals surface area contributed by atoms with Crippen LogP contribution in [-0.4, -0.2) is 38.4 Å². The quantitative estimate of drug-likeness (QED) is 0.936. The van der Waals surface area contributed by atoms with E-state index >= 15 is 0 Å². The van der Waals surface area contributed by atoms with E-state index in [0.717, 1.165) is 24.9 Å². The van der Waals surface area contributed by atoms with Crippen molar-refractivity contribution in [1.82, 2.24) is 15.1 Å². The van der Waals surface area contributed by atoms with Crippen LogP contribution in [0.1, 0.15) is 32.6 Å². The number of benzene rings is 1. The maximum atomic E-state index is 10.2. The summed E-state index contributed by atoms with van der Waals surface area (Å²) in [5.74, 6) is 1.15. The van der Waals surface area contributed by atoms with Crippen LogP contribution in [-0.2, 0) is 6.54 Å². The summed E-state index contributed by atoms with van der Waals surface area (Å²) in [5.41, 5.74) is 0.218. The fraction of sp³-hybridized carbons (Fsp3) is 0.500. The van der Waals surface area contributed by atoms with Crippen molar-refractivity contribution in [2.75, 3.05) is 6.54 Å². The van der Waals surface area contributed by atoms with Crippen molar-refractivity contribution in [2.24, 2.45) is 0 Å². The second-order valence-electron chi connectivity index (χ2n) is 6.15. The molecule has 3 rings (SSSR count). The van der Waals surface area contributed by atoms with Crippen LogP contribution in [0.15, 0.2) is 34.7 Å². The molecule has 0 aliphatic carbocycles. The molecule has 1 saturated heterocycles. The van der Waals surface area contributed by atoms with Crippen LogP contribution >= 0.6 is 0 Å². The molecule has 0 bridgehead atoms. The van der Waals surface area contributed by atoms with Crippen molar-refractivity contribution in [3.05, 3.63) is 36.2 Å². The Morgan fingerprint density at radius 1 is 1.29 bits per heavy atom. The highest BCUT2D eigenvalue weighted by molar-refractivity contribution is 5.51. The van der Waals surface area contributed by atoms with Gasteiger partial charge in [0.2, 0.25) is 11.8 Å². The topological polar surface area (TPSA) is 62.4 Å². The highest BCUT2D eigenvalue weighted by Gasteiger charge is 2.36. The van der Waals surface area contributed by atoms with Gasteiger partial charge in [-0.05, 0) is 45.4 Å². The number of likely N-dealkylation sites (tertiary alicyclic amines) is 1. The molecule has 1 aromatic carbocycles. The van der Waals surface area contributed by atoms with Crippen molar-refractivity contribution in [1.29, 1.82) is 0 Å². The van der Waals surface area contributed by atoms with Crippen molar-refractivity contribution in [3.63, 3.8) is 0 Å². The highest BCUT2D eigenvalue weighted by atomic mass is 16.4. The molecule has 2 aromatic rings. The largest absolute Gasteiger partial charge is 0.419 e. The van der Waals surface area contributed by atoms with Crippen LogP contribution in [0.4, 0.5) is 0 Å². The summed E-state index contributed by atoms with van der Waals surface area (Å²) in [6.07, 6.45) is 2.09. The van der Waals surface area contributed by atoms with Gasteiger partial charge in [-0.1, -0.05) is 18.2 Å². The number of hydrogen-bond donors (Lipinski definition) is 1. The minimum atomic E-state index is -0.710. The normalized spacial score (nSPS) is 20.0. The SMILES string of the molecule is CC(C)(O)C1CCCN1Cc1nnc(-c2ccccc2)o1. The first kappa shape index (κ1) is 14.2. The van der Waals surface area contributed by atoms with E-state index in [2.05, 4.69) is 15.1 Å². The lowest BCUT2D eigenvalue weighted by atomic mass is 9.97. The van der Waals surface area contributed by atoms with Crippen LogP contribution in [0, 0.1) is 0 Å². The minimum Gasteiger partial charge on any atom is -0.419 e. The molecule has 1 unspecified atom stereocenters. The molecule has 1 fully saturated rings. The van der Waals surface area contributed by atoms with Crippen LogP contribution in [0.3, 0.4) is 0 Å². The standard InChI is InChI=1S/C16H21N3O2/c1-16(2,20)13-9-6-10-19(13)11-14-17-18-15(21-14)12-7-4-3-5-8-12/h3-5,7-8,13,20H,6,9-11H2,1-2H3. The van der Waals surface area contributed by atoms with Crippen molar-refractivity contribution in [2.45, 2.75) is 44.9 Å². The average molecular weight is 287 g/mol. The monoisotopic (exact) mass is 287 g/mol. The van der Waals surface area contributed by atoms with Gasteiger partial charge in [0.05, 0.1) is 12.1 Å². The smallest absolute Gasteiger partial charge is 0.247 e. The van der Waals surface area contributed by atoms with Gasteiger partial charge in [-0.25, -0.2) is 0 Å². The fourth-order valence-electron chi connectivity index (χ4n) is 3.00. The molecule has 1 atom stereocenters. The van der Waals surface area contributed by atoms with Gasteiger partial charge in [0.15, 0.2) is 0 Å². The molecule has 112 valence electrons. The minimum absolute atomic E-state index is 0.143. The second kappa shape index (κ2) is 5.58. The Hall–Kier alpha value is -1.72. The summed E-state index contributed by atoms with van der Waals surface area (Å²) in [5, 5.41) is 18.5. The zero-order valence-corrected chi connectivity index (χ0v) is 12.5. The average Bonchev–Trinajstić information content (AvgIpc) is 3.09. The Bertz CT molecular complexity index is 589. The van der Waals surface area contributed by atoms with E-state index in [0.29, 0.717) is 18.3 Å². The van der Waals surface area contributed by atoms with Gasteiger partial charge < -0.3 is 9.52 Å². The third-order valence-electron chi connectivity index (χ3n) is 4.01. The van der Waals surface area contributed by atoms with Gasteiger partial charge in [-0.3, -0.25) is 4.90 Å². The highest BCUT2D eigenvalue weighted by Crippen LogP contribution is 2.28. The molecular weight excluding hydrogens is 266 g/mol. The number of aliphatic hydroxyl groups is 1. The van der Waals surface area contributed by atoms with Gasteiger partial charge in [0, 0.05) is 11.6 Å². The summed E-state index contributed by atoms with van der Waals surface area (Å²) >= 11 is 0. The first-order valence-electron chi connectivity index (χ1n) is 7.38. The Morgan fingerprint density at radius 3 is 2.76 bits per heavy atom. The van der Waals surface area contributed by atoms with E-state index < -0.39 is 5.60 Å². The Balaban J connectivity index is 1.73. The third-order valence-corrected chi connectivity index (χ3v) is 4.01. The molecular formula is C16H21N3O2. The lowest BCUT2D eigenvalue weighted by Gasteiger charge is -2.32. The summed E-state index contributed by atoms with van der Waals surface area (Å²) < 4.78 is 5.75. The lowest BCUT2D eigenvalue weighted by molar-refractivity contribution is -0.00723. The number of nitrogens with zero attached hydrogens (tertiary/aromatic N) is 3. The van der Waals surface area contributed by atoms with Crippen LogP contribution < -0.4 is 0 Å². The molecule has 1 aromatic heterocycles. The summed E-state index contributed by atoms with van der Waals surface area (Å²) in [7, 11) is 0. The van der Waals surface area contributed by atoms with Crippen LogP contribution in [0.2, 0.25) is 0 Å². The lowest BCUT2D eigenvalue weighted by Crippen LogP contribution is -2.45. The molecule has 5 heteroatoms. The molecule has 21 heavy (non-hydrogen) atoms. The predicted molar refractivity (Wildman–Crippen MR) is 79.5 cm³/mol. The molecule has 0 spiro atoms. The van der Waals surface area contributed by atoms with Crippen molar-refractivity contribution < 1.29 is 9.52 Å². The molecule has 1 aliphatic heterocycles. The van der Waals surface area contributed by atoms with E-state index in [9.17, 15) is 5.11 Å².